The van der Waals surface area contributed by atoms with Crippen LogP contribution in [0.5, 0.6) is 0 Å². The Hall–Kier alpha value is -0.490. The summed E-state index contributed by atoms with van der Waals surface area (Å²) in [4.78, 5) is 10.5. The van der Waals surface area contributed by atoms with Gasteiger partial charge in [-0.2, -0.15) is 0 Å². The molecule has 0 atom stereocenters. The summed E-state index contributed by atoms with van der Waals surface area (Å²) in [5.41, 5.74) is 0. The molecular formula is C6H12O5. The van der Waals surface area contributed by atoms with Gasteiger partial charge in [-0.1, -0.05) is 6.42 Å². The van der Waals surface area contributed by atoms with Crippen LogP contribution in [-0.4, -0.2) is 16.3 Å². The maximum atomic E-state index is 10.5. The van der Waals surface area contributed by atoms with Crippen LogP contribution in [0.3, 0.4) is 0 Å². The molecule has 0 radical (unpaired) electrons. The van der Waals surface area contributed by atoms with E-state index in [9.17, 15) is 4.79 Å². The Morgan fingerprint density at radius 2 is 1.45 bits per heavy atom. The molecule has 1 fully saturated rings. The van der Waals surface area contributed by atoms with E-state index < -0.39 is 0 Å². The number of carbonyl (C=O) groups is 1. The Bertz CT molecular complexity index is 93.1. The van der Waals surface area contributed by atoms with Crippen LogP contribution in [-0.2, 0) is 14.9 Å². The number of ketones is 1. The van der Waals surface area contributed by atoms with Gasteiger partial charge in [0.1, 0.15) is 5.78 Å². The zero-order valence-electron chi connectivity index (χ0n) is 6.15. The highest BCUT2D eigenvalue weighted by Crippen LogP contribution is 2.12. The quantitative estimate of drug-likeness (QED) is 0.452. The highest BCUT2D eigenvalue weighted by atomic mass is 17.6. The van der Waals surface area contributed by atoms with Crippen LogP contribution in [0.4, 0.5) is 0 Å². The van der Waals surface area contributed by atoms with Gasteiger partial charge in [-0.25, -0.2) is 10.5 Å². The fraction of sp³-hybridized carbons (Fsp3) is 0.833. The summed E-state index contributed by atoms with van der Waals surface area (Å²) in [6.45, 7) is 0. The second-order valence-electron chi connectivity index (χ2n) is 2.25. The summed E-state index contributed by atoms with van der Waals surface area (Å²) in [5, 5.41) is 19.0. The highest BCUT2D eigenvalue weighted by Gasteiger charge is 2.05. The average Bonchev–Trinajstić information content (AvgIpc) is 2.07. The minimum Gasteiger partial charge on any atom is -0.300 e. The van der Waals surface area contributed by atoms with Gasteiger partial charge >= 0.3 is 0 Å². The Morgan fingerprint density at radius 1 is 1.00 bits per heavy atom. The summed E-state index contributed by atoms with van der Waals surface area (Å²) < 4.78 is 0. The van der Waals surface area contributed by atoms with Crippen molar-refractivity contribution in [2.75, 3.05) is 0 Å². The second kappa shape index (κ2) is 7.62. The van der Waals surface area contributed by atoms with Crippen molar-refractivity contribution in [3.63, 3.8) is 0 Å². The largest absolute Gasteiger partial charge is 0.300 e. The molecule has 5 heteroatoms. The van der Waals surface area contributed by atoms with E-state index in [1.807, 2.05) is 0 Å². The van der Waals surface area contributed by atoms with Crippen molar-refractivity contribution >= 4 is 5.78 Å². The lowest BCUT2D eigenvalue weighted by molar-refractivity contribution is -0.611. The van der Waals surface area contributed by atoms with E-state index in [2.05, 4.69) is 10.1 Å². The lowest BCUT2D eigenvalue weighted by Gasteiger charge is -2.05. The predicted molar refractivity (Wildman–Crippen MR) is 35.5 cm³/mol. The maximum absolute atomic E-state index is 10.5. The second-order valence-corrected chi connectivity index (χ2v) is 2.25. The van der Waals surface area contributed by atoms with Crippen molar-refractivity contribution in [3.8, 4) is 0 Å². The molecule has 0 unspecified atom stereocenters. The van der Waals surface area contributed by atoms with Crippen LogP contribution < -0.4 is 0 Å². The SMILES string of the molecule is O=C1CCCCC1.OOOO. The third-order valence-corrected chi connectivity index (χ3v) is 1.44. The number of hydrogen-bond donors (Lipinski definition) is 2. The summed E-state index contributed by atoms with van der Waals surface area (Å²) in [6, 6.07) is 0. The van der Waals surface area contributed by atoms with E-state index in [-0.39, 0.29) is 0 Å². The minimum absolute atomic E-state index is 0.464. The molecule has 66 valence electrons. The van der Waals surface area contributed by atoms with Gasteiger partial charge in [-0.15, -0.1) is 0 Å². The molecule has 11 heavy (non-hydrogen) atoms. The van der Waals surface area contributed by atoms with Crippen molar-refractivity contribution in [2.45, 2.75) is 32.1 Å². The number of rotatable bonds is 1. The molecule has 1 saturated carbocycles. The lowest BCUT2D eigenvalue weighted by atomic mass is 10.00. The first-order valence-corrected chi connectivity index (χ1v) is 3.44. The van der Waals surface area contributed by atoms with Gasteiger partial charge in [-0.05, 0) is 22.9 Å². The Kier molecular flexibility index (Phi) is 7.28. The molecule has 0 aliphatic heterocycles. The molecule has 0 saturated heterocycles. The molecule has 0 heterocycles. The number of carbonyl (C=O) groups excluding carboxylic acids is 1. The Labute approximate surface area is 64.3 Å². The van der Waals surface area contributed by atoms with Crippen LogP contribution >= 0.6 is 0 Å². The molecule has 0 spiro atoms. The topological polar surface area (TPSA) is 76.0 Å². The smallest absolute Gasteiger partial charge is 0.132 e. The first-order valence-electron chi connectivity index (χ1n) is 3.44. The fourth-order valence-corrected chi connectivity index (χ4v) is 0.946. The standard InChI is InChI=1S/C6H10O.H2O4/c7-6-4-2-1-3-5-6;1-3-4-2/h1-5H2;1-2H. The van der Waals surface area contributed by atoms with Crippen molar-refractivity contribution in [1.29, 1.82) is 0 Å². The van der Waals surface area contributed by atoms with Gasteiger partial charge in [0, 0.05) is 12.8 Å². The van der Waals surface area contributed by atoms with E-state index in [0.717, 1.165) is 25.7 Å². The normalized spacial score (nSPS) is 17.1. The zero-order valence-corrected chi connectivity index (χ0v) is 6.15. The molecule has 0 amide bonds. The van der Waals surface area contributed by atoms with Crippen molar-refractivity contribution in [2.24, 2.45) is 0 Å². The molecule has 0 bridgehead atoms. The van der Waals surface area contributed by atoms with E-state index >= 15 is 0 Å². The lowest BCUT2D eigenvalue weighted by Crippen LogP contribution is -2.02. The minimum atomic E-state index is 0.464. The zero-order chi connectivity index (χ0) is 8.53. The Morgan fingerprint density at radius 3 is 1.64 bits per heavy atom. The van der Waals surface area contributed by atoms with Crippen LogP contribution in [0, 0.1) is 0 Å². The first-order chi connectivity index (χ1) is 5.31. The van der Waals surface area contributed by atoms with Crippen LogP contribution in [0.25, 0.3) is 0 Å². The van der Waals surface area contributed by atoms with Crippen molar-refractivity contribution < 1.29 is 25.4 Å². The molecule has 0 aromatic heterocycles. The van der Waals surface area contributed by atoms with Crippen molar-refractivity contribution in [3.05, 3.63) is 0 Å². The highest BCUT2D eigenvalue weighted by molar-refractivity contribution is 5.78. The van der Waals surface area contributed by atoms with Gasteiger partial charge in [0.15, 0.2) is 0 Å². The molecule has 0 aromatic rings. The van der Waals surface area contributed by atoms with Gasteiger partial charge in [-0.3, -0.25) is 4.79 Å². The predicted octanol–water partition coefficient (Wildman–Crippen LogP) is 1.40. The molecule has 2 N–H and O–H groups in total. The van der Waals surface area contributed by atoms with E-state index in [1.165, 1.54) is 6.42 Å². The van der Waals surface area contributed by atoms with Crippen LogP contribution in [0.2, 0.25) is 0 Å². The maximum Gasteiger partial charge on any atom is 0.132 e. The monoisotopic (exact) mass is 164 g/mol. The summed E-state index contributed by atoms with van der Waals surface area (Å²) in [6.07, 6.45) is 5.24. The summed E-state index contributed by atoms with van der Waals surface area (Å²) >= 11 is 0. The van der Waals surface area contributed by atoms with E-state index in [1.54, 1.807) is 0 Å². The number of Topliss-reactive ketones (excluding diaryl/α,β-unsaturated/α-hetero) is 1. The fourth-order valence-electron chi connectivity index (χ4n) is 0.946. The van der Waals surface area contributed by atoms with Gasteiger partial charge in [0.05, 0.1) is 0 Å². The Balaban J connectivity index is 0.000000218. The van der Waals surface area contributed by atoms with Gasteiger partial charge in [0.2, 0.25) is 0 Å². The van der Waals surface area contributed by atoms with Crippen LogP contribution in [0.1, 0.15) is 32.1 Å². The van der Waals surface area contributed by atoms with E-state index in [0.29, 0.717) is 5.78 Å². The van der Waals surface area contributed by atoms with Gasteiger partial charge < -0.3 is 0 Å². The van der Waals surface area contributed by atoms with Gasteiger partial charge in [0.25, 0.3) is 0 Å². The van der Waals surface area contributed by atoms with E-state index in [4.69, 9.17) is 10.5 Å². The molecular weight excluding hydrogens is 152 g/mol. The average molecular weight is 164 g/mol. The molecule has 1 rings (SSSR count). The van der Waals surface area contributed by atoms with Crippen LogP contribution in [0.15, 0.2) is 0 Å². The first kappa shape index (κ1) is 10.5. The molecule has 1 aliphatic carbocycles. The summed E-state index contributed by atoms with van der Waals surface area (Å²) in [5.74, 6) is 0.464. The molecule has 5 nitrogen and oxygen atoms in total. The molecule has 0 aromatic carbocycles. The van der Waals surface area contributed by atoms with Crippen molar-refractivity contribution in [1.82, 2.24) is 0 Å². The molecule has 1 aliphatic rings. The summed E-state index contributed by atoms with van der Waals surface area (Å²) in [7, 11) is 0. The third-order valence-electron chi connectivity index (χ3n) is 1.44. The third kappa shape index (κ3) is 7.41. The number of hydrogen-bond acceptors (Lipinski definition) is 5.